The summed E-state index contributed by atoms with van der Waals surface area (Å²) in [6.45, 7) is 18.4. The number of carbonyl (C=O) groups is 2. The van der Waals surface area contributed by atoms with Crippen LogP contribution in [-0.4, -0.2) is 24.8 Å². The molecule has 0 saturated carbocycles. The van der Waals surface area contributed by atoms with E-state index in [0.29, 0.717) is 19.3 Å². The van der Waals surface area contributed by atoms with Gasteiger partial charge in [-0.1, -0.05) is 6.04 Å². The van der Waals surface area contributed by atoms with E-state index in [9.17, 15) is 9.59 Å². The Kier molecular flexibility index (Phi) is 27.2. The molecule has 0 fully saturated rings. The Morgan fingerprint density at radius 1 is 1.15 bits per heavy atom. The van der Waals surface area contributed by atoms with E-state index in [2.05, 4.69) is 39.9 Å². The van der Waals surface area contributed by atoms with Crippen molar-refractivity contribution >= 4 is 12.2 Å². The summed E-state index contributed by atoms with van der Waals surface area (Å²) in [5.74, 6) is -0.505. The molecule has 0 aliphatic rings. The van der Waals surface area contributed by atoms with Crippen LogP contribution in [0.5, 0.6) is 0 Å². The number of carbonyl (C=O) groups excluding carboxylic acids is 2. The zero-order chi connectivity index (χ0) is 16.2. The number of aldehydes is 1. The van der Waals surface area contributed by atoms with Crippen LogP contribution in [0.25, 0.3) is 5.32 Å². The molecule has 0 aromatic heterocycles. The van der Waals surface area contributed by atoms with E-state index in [4.69, 9.17) is 5.73 Å². The lowest BCUT2D eigenvalue weighted by atomic mass is 10.2. The predicted molar refractivity (Wildman–Crippen MR) is 86.4 cm³/mol. The fourth-order valence-electron chi connectivity index (χ4n) is 0.796. The van der Waals surface area contributed by atoms with Crippen LogP contribution >= 0.6 is 0 Å². The van der Waals surface area contributed by atoms with Gasteiger partial charge >= 0.3 is 0 Å². The number of hydrogen-bond donors (Lipinski definition) is 1. The van der Waals surface area contributed by atoms with Crippen LogP contribution in [0.4, 0.5) is 0 Å². The zero-order valence-electron chi connectivity index (χ0n) is 12.7. The molecule has 0 aliphatic heterocycles. The molecule has 0 saturated heterocycles. The van der Waals surface area contributed by atoms with Crippen molar-refractivity contribution in [3.63, 3.8) is 0 Å². The average molecular weight is 282 g/mol. The van der Waals surface area contributed by atoms with Crippen molar-refractivity contribution in [3.8, 4) is 0 Å². The van der Waals surface area contributed by atoms with Crippen LogP contribution in [-0.2, 0) is 9.59 Å². The van der Waals surface area contributed by atoms with Crippen LogP contribution in [0, 0.1) is 34.6 Å². The highest BCUT2D eigenvalue weighted by Gasteiger charge is 1.99. The van der Waals surface area contributed by atoms with Crippen molar-refractivity contribution in [1.82, 2.24) is 0 Å². The molecule has 1 amide bonds. The molecule has 4 heteroatoms. The van der Waals surface area contributed by atoms with Gasteiger partial charge in [0.15, 0.2) is 0 Å². The molecule has 0 rings (SSSR count). The Balaban J connectivity index is -0.000000266. The van der Waals surface area contributed by atoms with Crippen molar-refractivity contribution < 1.29 is 9.59 Å². The number of nitrogens with zero attached hydrogens (tertiary/aromatic N) is 1. The molecule has 116 valence electrons. The molecule has 0 unspecified atom stereocenters. The van der Waals surface area contributed by atoms with E-state index in [1.54, 1.807) is 0 Å². The molecule has 0 aromatic rings. The summed E-state index contributed by atoms with van der Waals surface area (Å²) in [6.07, 6.45) is 6.40. The van der Waals surface area contributed by atoms with Crippen LogP contribution in [0.2, 0.25) is 0 Å². The first-order chi connectivity index (χ1) is 9.53. The Labute approximate surface area is 125 Å². The summed E-state index contributed by atoms with van der Waals surface area (Å²) in [6, 6.07) is -0.575. The second-order valence-electron chi connectivity index (χ2n) is 3.90. The Bertz CT molecular complexity index is 193. The SMILES string of the molecule is [CH2+]CCC[CH2-].[CH2+]CC[CH2-].[CH2+]CC[N-][C@@H](C=O)CC(N)=O. The summed E-state index contributed by atoms with van der Waals surface area (Å²) in [4.78, 5) is 20.5. The quantitative estimate of drug-likeness (QED) is 0.520. The van der Waals surface area contributed by atoms with Gasteiger partial charge in [-0.15, -0.1) is 13.0 Å². The van der Waals surface area contributed by atoms with Gasteiger partial charge < -0.3 is 29.7 Å². The highest BCUT2D eigenvalue weighted by atomic mass is 16.1. The normalized spacial score (nSPS) is 10.3. The number of unbranched alkanes of at least 4 members (excludes halogenated alkanes) is 3. The topological polar surface area (TPSA) is 74.3 Å². The lowest BCUT2D eigenvalue weighted by Crippen LogP contribution is -2.21. The molecule has 0 radical (unpaired) electrons. The van der Waals surface area contributed by atoms with E-state index < -0.39 is 11.9 Å². The van der Waals surface area contributed by atoms with E-state index in [0.717, 1.165) is 25.7 Å². The maximum absolute atomic E-state index is 10.3. The van der Waals surface area contributed by atoms with Crippen LogP contribution in [0.15, 0.2) is 0 Å². The number of amides is 1. The molecule has 2 N–H and O–H groups in total. The first kappa shape index (κ1) is 23.8. The molecular formula is C16H30N2O2. The molecular weight excluding hydrogens is 252 g/mol. The Morgan fingerprint density at radius 3 is 1.90 bits per heavy atom. The third kappa shape index (κ3) is 30.1. The van der Waals surface area contributed by atoms with Gasteiger partial charge in [0.25, 0.3) is 0 Å². The molecule has 0 bridgehead atoms. The smallest absolute Gasteiger partial charge is 0.216 e. The van der Waals surface area contributed by atoms with Gasteiger partial charge in [-0.25, -0.2) is 0 Å². The van der Waals surface area contributed by atoms with E-state index in [1.165, 1.54) is 6.42 Å². The average Bonchev–Trinajstić information content (AvgIpc) is 2.45. The summed E-state index contributed by atoms with van der Waals surface area (Å²) < 4.78 is 0. The second kappa shape index (κ2) is 22.9. The summed E-state index contributed by atoms with van der Waals surface area (Å²) in [5, 5.41) is 3.87. The van der Waals surface area contributed by atoms with Crippen LogP contribution in [0.3, 0.4) is 0 Å². The van der Waals surface area contributed by atoms with Crippen molar-refractivity contribution in [2.75, 3.05) is 6.54 Å². The minimum absolute atomic E-state index is 0.00347. The molecule has 0 spiro atoms. The van der Waals surface area contributed by atoms with Gasteiger partial charge in [0, 0.05) is 6.42 Å². The monoisotopic (exact) mass is 282 g/mol. The molecule has 0 aromatic carbocycles. The minimum Gasteiger partial charge on any atom is -0.650 e. The summed E-state index contributed by atoms with van der Waals surface area (Å²) >= 11 is 0. The standard InChI is InChI=1S/C7H12N2O2.C5H10.C4H8/c1-2-3-9-6(5-10)4-7(8)11;1-3-5-4-2;1-3-4-2/h5-6H,1-4H2,(H2,8,11);1-5H2;1-4H2/t6-;;/m1../s1. The highest BCUT2D eigenvalue weighted by Crippen LogP contribution is 2.02. The first-order valence-corrected chi connectivity index (χ1v) is 6.90. The number of nitrogens with two attached hydrogens (primary N) is 1. The third-order valence-corrected chi connectivity index (χ3v) is 1.84. The van der Waals surface area contributed by atoms with Gasteiger partial charge in [-0.3, -0.25) is 4.79 Å². The Morgan fingerprint density at radius 2 is 1.70 bits per heavy atom. The molecule has 20 heavy (non-hydrogen) atoms. The van der Waals surface area contributed by atoms with Gasteiger partial charge in [-0.2, -0.15) is 6.42 Å². The van der Waals surface area contributed by atoms with Gasteiger partial charge in [0.1, 0.15) is 6.29 Å². The molecule has 0 aliphatic carbocycles. The van der Waals surface area contributed by atoms with E-state index in [-0.39, 0.29) is 6.42 Å². The van der Waals surface area contributed by atoms with Crippen molar-refractivity contribution in [2.45, 2.75) is 51.0 Å². The Hall–Kier alpha value is -1.29. The number of rotatable bonds is 9. The van der Waals surface area contributed by atoms with Gasteiger partial charge in [0.2, 0.25) is 5.91 Å². The first-order valence-electron chi connectivity index (χ1n) is 6.90. The fourth-order valence-corrected chi connectivity index (χ4v) is 0.796. The third-order valence-electron chi connectivity index (χ3n) is 1.84. The fraction of sp³-hybridized carbons (Fsp3) is 0.562. The van der Waals surface area contributed by atoms with Crippen molar-refractivity contribution in [1.29, 1.82) is 0 Å². The molecule has 1 atom stereocenters. The van der Waals surface area contributed by atoms with Gasteiger partial charge in [-0.05, 0) is 6.42 Å². The summed E-state index contributed by atoms with van der Waals surface area (Å²) in [7, 11) is 0. The maximum atomic E-state index is 10.3. The van der Waals surface area contributed by atoms with E-state index in [1.807, 2.05) is 0 Å². The second-order valence-corrected chi connectivity index (χ2v) is 3.90. The van der Waals surface area contributed by atoms with Crippen molar-refractivity contribution in [2.24, 2.45) is 5.73 Å². The lowest BCUT2D eigenvalue weighted by Gasteiger charge is -2.22. The predicted octanol–water partition coefficient (Wildman–Crippen LogP) is 3.29. The van der Waals surface area contributed by atoms with Crippen LogP contribution in [0.1, 0.15) is 44.9 Å². The zero-order valence-corrected chi connectivity index (χ0v) is 12.7. The van der Waals surface area contributed by atoms with Gasteiger partial charge in [0.05, 0.1) is 40.0 Å². The number of primary amides is 1. The maximum Gasteiger partial charge on any atom is 0.216 e. The number of hydrogen-bond acceptors (Lipinski definition) is 2. The largest absolute Gasteiger partial charge is 0.650 e. The molecule has 0 heterocycles. The minimum atomic E-state index is -0.575. The highest BCUT2D eigenvalue weighted by molar-refractivity contribution is 5.79. The van der Waals surface area contributed by atoms with E-state index >= 15 is 0 Å². The lowest BCUT2D eigenvalue weighted by molar-refractivity contribution is -0.120. The van der Waals surface area contributed by atoms with Crippen LogP contribution < -0.4 is 5.73 Å². The summed E-state index contributed by atoms with van der Waals surface area (Å²) in [5.41, 5.74) is 4.87. The van der Waals surface area contributed by atoms with Crippen molar-refractivity contribution in [3.05, 3.63) is 39.9 Å². The molecule has 4 nitrogen and oxygen atoms in total.